The lowest BCUT2D eigenvalue weighted by atomic mass is 9.98. The van der Waals surface area contributed by atoms with Crippen LogP contribution in [0, 0.1) is 12.8 Å². The fraction of sp³-hybridized carbons (Fsp3) is 0.588. The number of nitrogens with one attached hydrogen (secondary N) is 2. The van der Waals surface area contributed by atoms with E-state index in [1.54, 1.807) is 0 Å². The fourth-order valence-corrected chi connectivity index (χ4v) is 3.27. The number of carbonyl (C=O) groups excluding carboxylic acids is 1. The first-order valence-corrected chi connectivity index (χ1v) is 8.11. The third-order valence-electron chi connectivity index (χ3n) is 4.61. The van der Waals surface area contributed by atoms with E-state index in [1.807, 2.05) is 0 Å². The van der Waals surface area contributed by atoms with Gasteiger partial charge in [0.25, 0.3) is 0 Å². The molecule has 4 nitrogen and oxygen atoms in total. The maximum absolute atomic E-state index is 12.3. The van der Waals surface area contributed by atoms with Gasteiger partial charge < -0.3 is 15.5 Å². The van der Waals surface area contributed by atoms with Crippen LogP contribution >= 0.6 is 0 Å². The molecule has 1 amide bonds. The molecule has 0 aliphatic carbocycles. The molecule has 1 aromatic rings. The van der Waals surface area contributed by atoms with Crippen molar-refractivity contribution in [2.75, 3.05) is 36.4 Å². The van der Waals surface area contributed by atoms with Gasteiger partial charge in [-0.3, -0.25) is 4.79 Å². The van der Waals surface area contributed by atoms with Crippen molar-refractivity contribution in [3.05, 3.63) is 23.8 Å². The van der Waals surface area contributed by atoms with Crippen LogP contribution in [0.5, 0.6) is 0 Å². The highest BCUT2D eigenvalue weighted by atomic mass is 16.1. The van der Waals surface area contributed by atoms with E-state index in [0.29, 0.717) is 0 Å². The smallest absolute Gasteiger partial charge is 0.228 e. The van der Waals surface area contributed by atoms with Crippen LogP contribution in [-0.2, 0) is 4.79 Å². The molecule has 21 heavy (non-hydrogen) atoms. The first-order valence-electron chi connectivity index (χ1n) is 8.11. The Bertz CT molecular complexity index is 503. The summed E-state index contributed by atoms with van der Waals surface area (Å²) >= 11 is 0. The molecule has 0 spiro atoms. The molecule has 4 heteroatoms. The van der Waals surface area contributed by atoms with Crippen LogP contribution in [0.3, 0.4) is 0 Å². The zero-order valence-electron chi connectivity index (χ0n) is 12.8. The first-order chi connectivity index (χ1) is 10.2. The summed E-state index contributed by atoms with van der Waals surface area (Å²) in [6.07, 6.45) is 4.65. The van der Waals surface area contributed by atoms with E-state index in [-0.39, 0.29) is 11.8 Å². The standard InChI is InChI=1S/C17H25N3O/c1-13-11-15(20-9-2-3-10-20)6-7-16(13)19-17(21)14-5-4-8-18-12-14/h6-7,11,14,18H,2-5,8-10,12H2,1H3,(H,19,21). The van der Waals surface area contributed by atoms with Crippen molar-refractivity contribution in [1.29, 1.82) is 0 Å². The summed E-state index contributed by atoms with van der Waals surface area (Å²) in [5.41, 5.74) is 3.38. The van der Waals surface area contributed by atoms with Crippen LogP contribution < -0.4 is 15.5 Å². The van der Waals surface area contributed by atoms with Crippen LogP contribution in [0.4, 0.5) is 11.4 Å². The molecular formula is C17H25N3O. The van der Waals surface area contributed by atoms with E-state index in [4.69, 9.17) is 0 Å². The highest BCUT2D eigenvalue weighted by Crippen LogP contribution is 2.26. The Balaban J connectivity index is 1.66. The van der Waals surface area contributed by atoms with Gasteiger partial charge >= 0.3 is 0 Å². The number of hydrogen-bond acceptors (Lipinski definition) is 3. The van der Waals surface area contributed by atoms with Gasteiger partial charge in [-0.2, -0.15) is 0 Å². The van der Waals surface area contributed by atoms with Gasteiger partial charge in [-0.1, -0.05) is 0 Å². The second-order valence-electron chi connectivity index (χ2n) is 6.23. The summed E-state index contributed by atoms with van der Waals surface area (Å²) in [7, 11) is 0. The predicted molar refractivity (Wildman–Crippen MR) is 86.8 cm³/mol. The van der Waals surface area contributed by atoms with E-state index in [9.17, 15) is 4.79 Å². The van der Waals surface area contributed by atoms with Gasteiger partial charge in [-0.25, -0.2) is 0 Å². The van der Waals surface area contributed by atoms with Gasteiger partial charge in [0, 0.05) is 31.0 Å². The van der Waals surface area contributed by atoms with Crippen molar-refractivity contribution in [3.63, 3.8) is 0 Å². The molecule has 2 saturated heterocycles. The number of amides is 1. The number of aryl methyl sites for hydroxylation is 1. The van der Waals surface area contributed by atoms with E-state index in [2.05, 4.69) is 40.7 Å². The number of piperidine rings is 1. The SMILES string of the molecule is Cc1cc(N2CCCC2)ccc1NC(=O)C1CCCNC1. The Morgan fingerprint density at radius 2 is 2.10 bits per heavy atom. The Hall–Kier alpha value is -1.55. The largest absolute Gasteiger partial charge is 0.372 e. The summed E-state index contributed by atoms with van der Waals surface area (Å²) in [6, 6.07) is 6.38. The topological polar surface area (TPSA) is 44.4 Å². The molecule has 0 aromatic heterocycles. The predicted octanol–water partition coefficient (Wildman–Crippen LogP) is 2.53. The fourth-order valence-electron chi connectivity index (χ4n) is 3.27. The third kappa shape index (κ3) is 3.38. The lowest BCUT2D eigenvalue weighted by molar-refractivity contribution is -0.120. The highest BCUT2D eigenvalue weighted by Gasteiger charge is 2.21. The number of anilines is 2. The minimum atomic E-state index is 0.108. The molecule has 2 aliphatic rings. The van der Waals surface area contributed by atoms with Crippen molar-refractivity contribution in [3.8, 4) is 0 Å². The molecule has 2 heterocycles. The van der Waals surface area contributed by atoms with Crippen molar-refractivity contribution in [2.24, 2.45) is 5.92 Å². The van der Waals surface area contributed by atoms with Crippen LogP contribution in [0.2, 0.25) is 0 Å². The van der Waals surface area contributed by atoms with Crippen LogP contribution in [0.1, 0.15) is 31.2 Å². The quantitative estimate of drug-likeness (QED) is 0.898. The molecule has 2 aliphatic heterocycles. The monoisotopic (exact) mass is 287 g/mol. The van der Waals surface area contributed by atoms with E-state index < -0.39 is 0 Å². The molecule has 114 valence electrons. The minimum absolute atomic E-state index is 0.108. The van der Waals surface area contributed by atoms with Crippen molar-refractivity contribution in [2.45, 2.75) is 32.6 Å². The summed E-state index contributed by atoms with van der Waals surface area (Å²) in [5.74, 6) is 0.260. The molecule has 1 atom stereocenters. The molecule has 0 radical (unpaired) electrons. The van der Waals surface area contributed by atoms with Gasteiger partial charge in [0.2, 0.25) is 5.91 Å². The maximum Gasteiger partial charge on any atom is 0.228 e. The molecule has 2 N–H and O–H groups in total. The highest BCUT2D eigenvalue weighted by molar-refractivity contribution is 5.93. The van der Waals surface area contributed by atoms with Gasteiger partial charge in [0.1, 0.15) is 0 Å². The van der Waals surface area contributed by atoms with Crippen molar-refractivity contribution >= 4 is 17.3 Å². The van der Waals surface area contributed by atoms with Gasteiger partial charge in [0.15, 0.2) is 0 Å². The molecule has 0 bridgehead atoms. The maximum atomic E-state index is 12.3. The Labute approximate surface area is 126 Å². The van der Waals surface area contributed by atoms with Gasteiger partial charge in [-0.05, 0) is 62.9 Å². The normalized spacial score (nSPS) is 22.3. The zero-order chi connectivity index (χ0) is 14.7. The second-order valence-corrected chi connectivity index (χ2v) is 6.23. The van der Waals surface area contributed by atoms with E-state index >= 15 is 0 Å². The number of benzene rings is 1. The Kier molecular flexibility index (Phi) is 4.44. The summed E-state index contributed by atoms with van der Waals surface area (Å²) in [5, 5.41) is 6.40. The summed E-state index contributed by atoms with van der Waals surface area (Å²) in [4.78, 5) is 14.7. The zero-order valence-corrected chi connectivity index (χ0v) is 12.8. The Morgan fingerprint density at radius 1 is 1.29 bits per heavy atom. The third-order valence-corrected chi connectivity index (χ3v) is 4.61. The van der Waals surface area contributed by atoms with Crippen LogP contribution in [-0.4, -0.2) is 32.1 Å². The molecule has 0 saturated carbocycles. The average molecular weight is 287 g/mol. The second kappa shape index (κ2) is 6.48. The first kappa shape index (κ1) is 14.4. The number of hydrogen-bond donors (Lipinski definition) is 2. The van der Waals surface area contributed by atoms with E-state index in [0.717, 1.165) is 50.3 Å². The average Bonchev–Trinajstić information content (AvgIpc) is 3.04. The number of rotatable bonds is 3. The molecule has 2 fully saturated rings. The number of carbonyl (C=O) groups is 1. The van der Waals surface area contributed by atoms with Gasteiger partial charge in [-0.15, -0.1) is 0 Å². The van der Waals surface area contributed by atoms with Gasteiger partial charge in [0.05, 0.1) is 5.92 Å². The lowest BCUT2D eigenvalue weighted by Crippen LogP contribution is -2.37. The van der Waals surface area contributed by atoms with Crippen LogP contribution in [0.15, 0.2) is 18.2 Å². The van der Waals surface area contributed by atoms with Crippen LogP contribution in [0.25, 0.3) is 0 Å². The van der Waals surface area contributed by atoms with Crippen molar-refractivity contribution in [1.82, 2.24) is 5.32 Å². The minimum Gasteiger partial charge on any atom is -0.372 e. The lowest BCUT2D eigenvalue weighted by Gasteiger charge is -2.23. The van der Waals surface area contributed by atoms with Crippen molar-refractivity contribution < 1.29 is 4.79 Å². The summed E-state index contributed by atoms with van der Waals surface area (Å²) < 4.78 is 0. The number of nitrogens with zero attached hydrogens (tertiary/aromatic N) is 1. The molecule has 1 aromatic carbocycles. The molecule has 3 rings (SSSR count). The molecule has 1 unspecified atom stereocenters. The molecular weight excluding hydrogens is 262 g/mol. The summed E-state index contributed by atoms with van der Waals surface area (Å²) in [6.45, 7) is 6.22. The Morgan fingerprint density at radius 3 is 2.76 bits per heavy atom. The van der Waals surface area contributed by atoms with E-state index in [1.165, 1.54) is 18.5 Å².